The average Bonchev–Trinajstić information content (AvgIpc) is 2.97. The fraction of sp³-hybridized carbons (Fsp3) is 0.700. The van der Waals surface area contributed by atoms with Crippen molar-refractivity contribution in [3.63, 3.8) is 0 Å². The summed E-state index contributed by atoms with van der Waals surface area (Å²) < 4.78 is 23.0. The van der Waals surface area contributed by atoms with Gasteiger partial charge in [-0.2, -0.15) is 0 Å². The van der Waals surface area contributed by atoms with Gasteiger partial charge < -0.3 is 5.73 Å². The minimum atomic E-state index is -2.88. The first-order valence-electron chi connectivity index (χ1n) is 5.50. The second-order valence-corrected chi connectivity index (χ2v) is 7.93. The SMILES string of the molecule is NC(c1nc2c(s1)CS(=O)(=O)CC2)C1CC1. The van der Waals surface area contributed by atoms with Crippen LogP contribution >= 0.6 is 11.3 Å². The van der Waals surface area contributed by atoms with E-state index in [0.717, 1.165) is 15.6 Å². The van der Waals surface area contributed by atoms with E-state index in [1.165, 1.54) is 24.2 Å². The summed E-state index contributed by atoms with van der Waals surface area (Å²) in [6.07, 6.45) is 2.93. The Morgan fingerprint density at radius 1 is 1.44 bits per heavy atom. The summed E-state index contributed by atoms with van der Waals surface area (Å²) in [7, 11) is -2.88. The van der Waals surface area contributed by atoms with Crippen LogP contribution in [-0.2, 0) is 22.0 Å². The molecule has 1 aromatic rings. The number of sulfone groups is 1. The van der Waals surface area contributed by atoms with E-state index < -0.39 is 9.84 Å². The molecule has 2 N–H and O–H groups in total. The van der Waals surface area contributed by atoms with Crippen LogP contribution in [0.15, 0.2) is 0 Å². The van der Waals surface area contributed by atoms with Gasteiger partial charge in [-0.05, 0) is 18.8 Å². The summed E-state index contributed by atoms with van der Waals surface area (Å²) in [6.45, 7) is 0. The Kier molecular flexibility index (Phi) is 2.35. The third-order valence-electron chi connectivity index (χ3n) is 3.21. The predicted molar refractivity (Wildman–Crippen MR) is 63.0 cm³/mol. The molecule has 0 saturated heterocycles. The molecule has 1 atom stereocenters. The summed E-state index contributed by atoms with van der Waals surface area (Å²) in [4.78, 5) is 5.42. The van der Waals surface area contributed by atoms with E-state index >= 15 is 0 Å². The molecule has 0 aromatic carbocycles. The van der Waals surface area contributed by atoms with Gasteiger partial charge in [0.2, 0.25) is 0 Å². The number of hydrogen-bond donors (Lipinski definition) is 1. The lowest BCUT2D eigenvalue weighted by atomic mass is 10.2. The molecular formula is C10H14N2O2S2. The maximum Gasteiger partial charge on any atom is 0.155 e. The lowest BCUT2D eigenvalue weighted by Gasteiger charge is -2.09. The third-order valence-corrected chi connectivity index (χ3v) is 6.15. The summed E-state index contributed by atoms with van der Waals surface area (Å²) in [5.41, 5.74) is 7.04. The third kappa shape index (κ3) is 1.89. The minimum Gasteiger partial charge on any atom is -0.322 e. The van der Waals surface area contributed by atoms with E-state index in [2.05, 4.69) is 4.98 Å². The fourth-order valence-electron chi connectivity index (χ4n) is 2.04. The van der Waals surface area contributed by atoms with Crippen molar-refractivity contribution in [1.29, 1.82) is 0 Å². The number of nitrogens with two attached hydrogens (primary N) is 1. The van der Waals surface area contributed by atoms with Gasteiger partial charge in [-0.1, -0.05) is 0 Å². The maximum atomic E-state index is 11.5. The zero-order valence-corrected chi connectivity index (χ0v) is 10.5. The monoisotopic (exact) mass is 258 g/mol. The highest BCUT2D eigenvalue weighted by Gasteiger charge is 2.33. The van der Waals surface area contributed by atoms with Gasteiger partial charge in [-0.3, -0.25) is 0 Å². The van der Waals surface area contributed by atoms with Gasteiger partial charge in [0, 0.05) is 11.3 Å². The number of rotatable bonds is 2. The molecule has 1 aliphatic heterocycles. The molecule has 1 unspecified atom stereocenters. The average molecular weight is 258 g/mol. The lowest BCUT2D eigenvalue weighted by molar-refractivity contribution is 0.591. The van der Waals surface area contributed by atoms with E-state index in [0.29, 0.717) is 12.3 Å². The Bertz CT molecular complexity index is 517. The topological polar surface area (TPSA) is 73.0 Å². The smallest absolute Gasteiger partial charge is 0.155 e. The number of aryl methyl sites for hydroxylation is 1. The van der Waals surface area contributed by atoms with Crippen molar-refractivity contribution < 1.29 is 8.42 Å². The summed E-state index contributed by atoms with van der Waals surface area (Å²) >= 11 is 1.50. The lowest BCUT2D eigenvalue weighted by Crippen LogP contribution is -2.17. The molecule has 3 rings (SSSR count). The molecule has 88 valence electrons. The van der Waals surface area contributed by atoms with Crippen molar-refractivity contribution in [1.82, 2.24) is 4.98 Å². The second-order valence-electron chi connectivity index (χ2n) is 4.63. The molecule has 1 aliphatic carbocycles. The summed E-state index contributed by atoms with van der Waals surface area (Å²) in [5.74, 6) is 0.975. The Morgan fingerprint density at radius 2 is 2.19 bits per heavy atom. The van der Waals surface area contributed by atoms with Gasteiger partial charge in [0.1, 0.15) is 5.01 Å². The van der Waals surface area contributed by atoms with Gasteiger partial charge in [-0.25, -0.2) is 13.4 Å². The molecule has 2 heterocycles. The van der Waals surface area contributed by atoms with Crippen LogP contribution in [0.3, 0.4) is 0 Å². The largest absolute Gasteiger partial charge is 0.322 e. The minimum absolute atomic E-state index is 0.0262. The molecular weight excluding hydrogens is 244 g/mol. The number of aromatic nitrogens is 1. The first-order valence-corrected chi connectivity index (χ1v) is 8.13. The van der Waals surface area contributed by atoms with E-state index in [-0.39, 0.29) is 17.5 Å². The van der Waals surface area contributed by atoms with Crippen molar-refractivity contribution in [2.24, 2.45) is 11.7 Å². The molecule has 0 amide bonds. The van der Waals surface area contributed by atoms with Crippen molar-refractivity contribution in [2.45, 2.75) is 31.1 Å². The first kappa shape index (κ1) is 10.7. The van der Waals surface area contributed by atoms with Crippen molar-refractivity contribution in [3.05, 3.63) is 15.6 Å². The van der Waals surface area contributed by atoms with Crippen molar-refractivity contribution in [3.8, 4) is 0 Å². The highest BCUT2D eigenvalue weighted by Crippen LogP contribution is 2.41. The first-order chi connectivity index (χ1) is 7.55. The molecule has 0 spiro atoms. The van der Waals surface area contributed by atoms with Crippen LogP contribution in [0, 0.1) is 5.92 Å². The number of nitrogens with zero attached hydrogens (tertiary/aromatic N) is 1. The van der Waals surface area contributed by atoms with E-state index in [1.807, 2.05) is 0 Å². The molecule has 0 bridgehead atoms. The Labute approximate surface area is 98.8 Å². The van der Waals surface area contributed by atoms with Crippen LogP contribution in [0.4, 0.5) is 0 Å². The normalized spacial score (nSPS) is 25.1. The number of fused-ring (bicyclic) bond motifs is 1. The van der Waals surface area contributed by atoms with Crippen LogP contribution in [-0.4, -0.2) is 19.2 Å². The molecule has 1 saturated carbocycles. The number of hydrogen-bond acceptors (Lipinski definition) is 5. The van der Waals surface area contributed by atoms with Gasteiger partial charge in [-0.15, -0.1) is 11.3 Å². The second kappa shape index (κ2) is 3.51. The van der Waals surface area contributed by atoms with Crippen molar-refractivity contribution >= 4 is 21.2 Å². The van der Waals surface area contributed by atoms with Crippen LogP contribution in [0.5, 0.6) is 0 Å². The van der Waals surface area contributed by atoms with Crippen LogP contribution in [0.1, 0.15) is 34.5 Å². The molecule has 4 nitrogen and oxygen atoms in total. The van der Waals surface area contributed by atoms with Crippen molar-refractivity contribution in [2.75, 3.05) is 5.75 Å². The van der Waals surface area contributed by atoms with Gasteiger partial charge >= 0.3 is 0 Å². The van der Waals surface area contributed by atoms with Gasteiger partial charge in [0.25, 0.3) is 0 Å². The van der Waals surface area contributed by atoms with Gasteiger partial charge in [0.15, 0.2) is 9.84 Å². The Hall–Kier alpha value is -0.460. The quantitative estimate of drug-likeness (QED) is 0.859. The highest BCUT2D eigenvalue weighted by molar-refractivity contribution is 7.90. The number of thiazole rings is 1. The predicted octanol–water partition coefficient (Wildman–Crippen LogP) is 1.02. The van der Waals surface area contributed by atoms with Crippen LogP contribution in [0.2, 0.25) is 0 Å². The Morgan fingerprint density at radius 3 is 2.88 bits per heavy atom. The van der Waals surface area contributed by atoms with E-state index in [1.54, 1.807) is 0 Å². The summed E-state index contributed by atoms with van der Waals surface area (Å²) in [5, 5.41) is 0.935. The van der Waals surface area contributed by atoms with E-state index in [4.69, 9.17) is 5.73 Å². The van der Waals surface area contributed by atoms with Crippen LogP contribution in [0.25, 0.3) is 0 Å². The fourth-order valence-corrected chi connectivity index (χ4v) is 5.03. The zero-order valence-electron chi connectivity index (χ0n) is 8.85. The summed E-state index contributed by atoms with van der Waals surface area (Å²) in [6, 6.07) is 0.0262. The molecule has 16 heavy (non-hydrogen) atoms. The Balaban J connectivity index is 1.91. The zero-order chi connectivity index (χ0) is 11.3. The molecule has 0 radical (unpaired) electrons. The molecule has 1 fully saturated rings. The molecule has 6 heteroatoms. The molecule has 2 aliphatic rings. The molecule has 1 aromatic heterocycles. The standard InChI is InChI=1S/C10H14N2O2S2/c11-9(6-1-2-6)10-12-7-3-4-16(13,14)5-8(7)15-10/h6,9H,1-5,11H2. The van der Waals surface area contributed by atoms with Gasteiger partial charge in [0.05, 0.1) is 23.2 Å². The maximum absolute atomic E-state index is 11.5. The highest BCUT2D eigenvalue weighted by atomic mass is 32.2. The van der Waals surface area contributed by atoms with E-state index in [9.17, 15) is 8.42 Å². The van der Waals surface area contributed by atoms with Crippen LogP contribution < -0.4 is 5.73 Å².